The summed E-state index contributed by atoms with van der Waals surface area (Å²) in [5.74, 6) is 0.706. The van der Waals surface area contributed by atoms with Gasteiger partial charge in [-0.25, -0.2) is 4.98 Å². The van der Waals surface area contributed by atoms with E-state index in [2.05, 4.69) is 15.3 Å². The lowest BCUT2D eigenvalue weighted by molar-refractivity contribution is 0.0588. The molecule has 0 aliphatic carbocycles. The van der Waals surface area contributed by atoms with E-state index in [0.717, 1.165) is 6.42 Å². The van der Waals surface area contributed by atoms with Crippen molar-refractivity contribution in [1.29, 1.82) is 0 Å². The first kappa shape index (κ1) is 11.4. The van der Waals surface area contributed by atoms with Crippen LogP contribution in [0.25, 0.3) is 0 Å². The number of hydrogen-bond donors (Lipinski definition) is 3. The van der Waals surface area contributed by atoms with Crippen molar-refractivity contribution >= 4 is 23.4 Å². The van der Waals surface area contributed by atoms with Crippen LogP contribution in [0.1, 0.15) is 6.42 Å². The third-order valence-electron chi connectivity index (χ3n) is 2.35. The third kappa shape index (κ3) is 2.72. The normalized spacial score (nSPS) is 24.6. The summed E-state index contributed by atoms with van der Waals surface area (Å²) in [6, 6.07) is 1.71. The van der Waals surface area contributed by atoms with E-state index in [1.54, 1.807) is 6.07 Å². The lowest BCUT2D eigenvalue weighted by Crippen LogP contribution is -2.21. The van der Waals surface area contributed by atoms with Gasteiger partial charge in [0.25, 0.3) is 0 Å². The molecule has 0 bridgehead atoms. The number of halogens is 1. The Morgan fingerprint density at radius 3 is 3.06 bits per heavy atom. The van der Waals surface area contributed by atoms with Crippen molar-refractivity contribution in [2.75, 3.05) is 24.3 Å². The van der Waals surface area contributed by atoms with Gasteiger partial charge < -0.3 is 20.9 Å². The largest absolute Gasteiger partial charge is 0.394 e. The number of nitrogens with zero attached hydrogens (tertiary/aromatic N) is 2. The molecule has 2 heterocycles. The molecule has 1 aromatic rings. The van der Waals surface area contributed by atoms with Crippen LogP contribution in [0.15, 0.2) is 6.07 Å². The summed E-state index contributed by atoms with van der Waals surface area (Å²) in [5.41, 5.74) is 5.47. The highest BCUT2D eigenvalue weighted by Crippen LogP contribution is 2.19. The number of hydrogen-bond acceptors (Lipinski definition) is 6. The standard InChI is InChI=1S/C9H13ClN4O2/c10-7-2-8(14-9(11)13-7)12-5-1-6(3-15)16-4-5/h2,5-6,15H,1,3-4H2,(H3,11,12,13,14)/t5-,6-/m1/s1. The minimum Gasteiger partial charge on any atom is -0.394 e. The highest BCUT2D eigenvalue weighted by Gasteiger charge is 2.24. The Morgan fingerprint density at radius 1 is 1.62 bits per heavy atom. The number of anilines is 2. The minimum absolute atomic E-state index is 0.0326. The number of ether oxygens (including phenoxy) is 1. The second-order valence-electron chi connectivity index (χ2n) is 3.65. The van der Waals surface area contributed by atoms with Gasteiger partial charge in [0.1, 0.15) is 11.0 Å². The molecule has 0 spiro atoms. The molecule has 6 nitrogen and oxygen atoms in total. The quantitative estimate of drug-likeness (QED) is 0.661. The minimum atomic E-state index is -0.104. The SMILES string of the molecule is Nc1nc(Cl)cc(N[C@H]2CO[C@@H](CO)C2)n1. The molecule has 0 amide bonds. The number of aromatic nitrogens is 2. The van der Waals surface area contributed by atoms with Crippen LogP contribution < -0.4 is 11.1 Å². The lowest BCUT2D eigenvalue weighted by Gasteiger charge is -2.11. The van der Waals surface area contributed by atoms with Gasteiger partial charge in [0.2, 0.25) is 5.95 Å². The topological polar surface area (TPSA) is 93.3 Å². The van der Waals surface area contributed by atoms with Gasteiger partial charge in [-0.05, 0) is 6.42 Å². The zero-order valence-corrected chi connectivity index (χ0v) is 9.31. The Labute approximate surface area is 97.8 Å². The molecule has 1 fully saturated rings. The van der Waals surface area contributed by atoms with Gasteiger partial charge in [-0.15, -0.1) is 0 Å². The fourth-order valence-corrected chi connectivity index (χ4v) is 1.84. The summed E-state index contributed by atoms with van der Waals surface area (Å²) in [7, 11) is 0. The summed E-state index contributed by atoms with van der Waals surface area (Å²) < 4.78 is 5.33. The molecular weight excluding hydrogens is 232 g/mol. The number of aliphatic hydroxyl groups is 1. The maximum atomic E-state index is 8.92. The average molecular weight is 245 g/mol. The van der Waals surface area contributed by atoms with Crippen LogP contribution in [0.3, 0.4) is 0 Å². The van der Waals surface area contributed by atoms with E-state index in [9.17, 15) is 0 Å². The second kappa shape index (κ2) is 4.82. The van der Waals surface area contributed by atoms with Crippen molar-refractivity contribution in [3.05, 3.63) is 11.2 Å². The van der Waals surface area contributed by atoms with Crippen LogP contribution in [0.5, 0.6) is 0 Å². The van der Waals surface area contributed by atoms with E-state index in [4.69, 9.17) is 27.2 Å². The van der Waals surface area contributed by atoms with Crippen molar-refractivity contribution in [3.8, 4) is 0 Å². The van der Waals surface area contributed by atoms with Gasteiger partial charge in [0, 0.05) is 6.07 Å². The van der Waals surface area contributed by atoms with Crippen molar-refractivity contribution in [1.82, 2.24) is 9.97 Å². The van der Waals surface area contributed by atoms with E-state index in [1.807, 2.05) is 0 Å². The monoisotopic (exact) mass is 244 g/mol. The first-order valence-corrected chi connectivity index (χ1v) is 5.34. The molecule has 2 atom stereocenters. The smallest absolute Gasteiger partial charge is 0.223 e. The molecule has 16 heavy (non-hydrogen) atoms. The summed E-state index contributed by atoms with van der Waals surface area (Å²) in [6.45, 7) is 0.567. The molecule has 7 heteroatoms. The van der Waals surface area contributed by atoms with E-state index in [1.165, 1.54) is 0 Å². The predicted octanol–water partition coefficient (Wildman–Crippen LogP) is 0.274. The Bertz CT molecular complexity index is 356. The van der Waals surface area contributed by atoms with Gasteiger partial charge in [0.05, 0.1) is 25.4 Å². The Kier molecular flexibility index (Phi) is 3.42. The first-order valence-electron chi connectivity index (χ1n) is 4.96. The summed E-state index contributed by atoms with van der Waals surface area (Å²) in [6.07, 6.45) is 0.630. The van der Waals surface area contributed by atoms with Crippen LogP contribution >= 0.6 is 11.6 Å². The zero-order valence-electron chi connectivity index (χ0n) is 8.56. The molecule has 0 radical (unpaired) electrons. The molecule has 1 saturated heterocycles. The van der Waals surface area contributed by atoms with Gasteiger partial charge in [-0.3, -0.25) is 0 Å². The third-order valence-corrected chi connectivity index (χ3v) is 2.54. The average Bonchev–Trinajstić information content (AvgIpc) is 2.64. The molecule has 88 valence electrons. The number of nitrogens with two attached hydrogens (primary N) is 1. The molecule has 2 rings (SSSR count). The predicted molar refractivity (Wildman–Crippen MR) is 60.3 cm³/mol. The van der Waals surface area contributed by atoms with Crippen molar-refractivity contribution in [2.45, 2.75) is 18.6 Å². The van der Waals surface area contributed by atoms with E-state index in [0.29, 0.717) is 17.6 Å². The Morgan fingerprint density at radius 2 is 2.44 bits per heavy atom. The van der Waals surface area contributed by atoms with Crippen molar-refractivity contribution in [2.24, 2.45) is 0 Å². The Hall–Kier alpha value is -1.11. The summed E-state index contributed by atoms with van der Waals surface area (Å²) in [5, 5.41) is 12.4. The molecule has 1 aromatic heterocycles. The highest BCUT2D eigenvalue weighted by atomic mass is 35.5. The lowest BCUT2D eigenvalue weighted by atomic mass is 10.2. The molecule has 1 aliphatic heterocycles. The molecule has 0 saturated carbocycles. The first-order chi connectivity index (χ1) is 7.67. The summed E-state index contributed by atoms with van der Waals surface area (Å²) >= 11 is 5.75. The molecule has 0 unspecified atom stereocenters. The van der Waals surface area contributed by atoms with Crippen molar-refractivity contribution < 1.29 is 9.84 Å². The molecule has 0 aromatic carbocycles. The van der Waals surface area contributed by atoms with Crippen molar-refractivity contribution in [3.63, 3.8) is 0 Å². The van der Waals surface area contributed by atoms with Gasteiger partial charge >= 0.3 is 0 Å². The molecule has 1 aliphatic rings. The van der Waals surface area contributed by atoms with Gasteiger partial charge in [-0.1, -0.05) is 11.6 Å². The number of rotatable bonds is 3. The van der Waals surface area contributed by atoms with Crippen LogP contribution in [0.2, 0.25) is 5.15 Å². The van der Waals surface area contributed by atoms with Gasteiger partial charge in [0.15, 0.2) is 0 Å². The van der Waals surface area contributed by atoms with E-state index in [-0.39, 0.29) is 24.7 Å². The fourth-order valence-electron chi connectivity index (χ4n) is 1.65. The molecular formula is C9H13ClN4O2. The maximum Gasteiger partial charge on any atom is 0.223 e. The number of nitrogen functional groups attached to an aromatic ring is 1. The second-order valence-corrected chi connectivity index (χ2v) is 4.04. The number of aliphatic hydroxyl groups excluding tert-OH is 1. The van der Waals surface area contributed by atoms with Crippen LogP contribution in [0, 0.1) is 0 Å². The van der Waals surface area contributed by atoms with E-state index >= 15 is 0 Å². The number of nitrogens with one attached hydrogen (secondary N) is 1. The molecule has 4 N–H and O–H groups in total. The van der Waals surface area contributed by atoms with Crippen LogP contribution in [0.4, 0.5) is 11.8 Å². The zero-order chi connectivity index (χ0) is 11.5. The van der Waals surface area contributed by atoms with Crippen LogP contribution in [-0.4, -0.2) is 40.4 Å². The van der Waals surface area contributed by atoms with Gasteiger partial charge in [-0.2, -0.15) is 4.98 Å². The highest BCUT2D eigenvalue weighted by molar-refractivity contribution is 6.29. The Balaban J connectivity index is 1.99. The maximum absolute atomic E-state index is 8.92. The van der Waals surface area contributed by atoms with E-state index < -0.39 is 0 Å². The summed E-state index contributed by atoms with van der Waals surface area (Å²) in [4.78, 5) is 7.76. The fraction of sp³-hybridized carbons (Fsp3) is 0.556. The van der Waals surface area contributed by atoms with Crippen LogP contribution in [-0.2, 0) is 4.74 Å².